The maximum absolute atomic E-state index is 7.35. The van der Waals surface area contributed by atoms with Crippen molar-refractivity contribution >= 4 is 12.4 Å². The molecule has 2 aromatic rings. The predicted octanol–water partition coefficient (Wildman–Crippen LogP) is 7.80. The van der Waals surface area contributed by atoms with Gasteiger partial charge >= 0.3 is 6.03 Å². The average molecular weight is 673 g/mol. The van der Waals surface area contributed by atoms with Crippen LogP contribution in [0.15, 0.2) is 30.3 Å². The Morgan fingerprint density at radius 2 is 1.20 bits per heavy atom. The van der Waals surface area contributed by atoms with Crippen molar-refractivity contribution in [2.24, 2.45) is 0 Å². The number of hydrogen-bond donors (Lipinski definition) is 0. The quantitative estimate of drug-likeness (QED) is 0.201. The molecule has 1 spiro atoms. The molecule has 0 N–H and O–H groups in total. The lowest BCUT2D eigenvalue weighted by Crippen LogP contribution is -2.60. The van der Waals surface area contributed by atoms with Gasteiger partial charge in [0.15, 0.2) is 23.9 Å². The summed E-state index contributed by atoms with van der Waals surface area (Å²) >= 11 is 0. The van der Waals surface area contributed by atoms with Crippen LogP contribution in [0.3, 0.4) is 0 Å². The van der Waals surface area contributed by atoms with Gasteiger partial charge in [0.05, 0.1) is 66.5 Å². The number of quaternary nitrogens is 2. The standard InChI is InChI=1S/C43H68N4O2/c1-40(2,3)34-27-32-30-45-37-19-15-14-18-36(37)44-29-31-26-33(42(7,22-16-24-46(8,9)10)23-17-25-47(11,12)13)20-21-38(31)48-43(44,45)49-39(32)35(28-34)41(4,5)6/h20-21,26-30,36-37H,14-19,22-25H2,1-13H3/q+4. The first-order valence-electron chi connectivity index (χ1n) is 19.2. The molecule has 0 radical (unpaired) electrons. The summed E-state index contributed by atoms with van der Waals surface area (Å²) in [5.74, 6) is 1.89. The molecule has 268 valence electrons. The molecule has 4 aliphatic rings. The van der Waals surface area contributed by atoms with E-state index in [4.69, 9.17) is 9.47 Å². The molecule has 3 unspecified atom stereocenters. The molecule has 49 heavy (non-hydrogen) atoms. The van der Waals surface area contributed by atoms with Gasteiger partial charge in [0.2, 0.25) is 12.1 Å². The Labute approximate surface area is 298 Å². The zero-order valence-corrected chi connectivity index (χ0v) is 33.4. The summed E-state index contributed by atoms with van der Waals surface area (Å²) in [6.07, 6.45) is 14.4. The van der Waals surface area contributed by atoms with Crippen molar-refractivity contribution in [2.75, 3.05) is 55.4 Å². The van der Waals surface area contributed by atoms with Gasteiger partial charge < -0.3 is 18.4 Å². The van der Waals surface area contributed by atoms with E-state index in [2.05, 4.69) is 143 Å². The van der Waals surface area contributed by atoms with Gasteiger partial charge in [0, 0.05) is 18.4 Å². The molecule has 3 heterocycles. The van der Waals surface area contributed by atoms with Gasteiger partial charge in [-0.1, -0.05) is 69.7 Å². The lowest BCUT2D eigenvalue weighted by molar-refractivity contribution is -0.870. The molecular formula is C43H68N4O2+4. The van der Waals surface area contributed by atoms with Gasteiger partial charge in [-0.3, -0.25) is 0 Å². The maximum atomic E-state index is 7.35. The molecule has 6 heteroatoms. The molecule has 3 aliphatic heterocycles. The van der Waals surface area contributed by atoms with Crippen LogP contribution in [-0.4, -0.2) is 104 Å². The maximum Gasteiger partial charge on any atom is 0.704 e. The van der Waals surface area contributed by atoms with Gasteiger partial charge in [-0.05, 0) is 84.1 Å². The van der Waals surface area contributed by atoms with E-state index in [0.29, 0.717) is 12.1 Å². The highest BCUT2D eigenvalue weighted by atomic mass is 16.7. The monoisotopic (exact) mass is 673 g/mol. The average Bonchev–Trinajstić information content (AvgIpc) is 3.24. The zero-order chi connectivity index (χ0) is 35.8. The van der Waals surface area contributed by atoms with Crippen molar-refractivity contribution in [1.82, 2.24) is 0 Å². The molecular weight excluding hydrogens is 604 g/mol. The van der Waals surface area contributed by atoms with Crippen LogP contribution >= 0.6 is 0 Å². The van der Waals surface area contributed by atoms with E-state index < -0.39 is 6.03 Å². The zero-order valence-electron chi connectivity index (χ0n) is 33.4. The minimum Gasteiger partial charge on any atom is -0.341 e. The van der Waals surface area contributed by atoms with Gasteiger partial charge in [0.25, 0.3) is 0 Å². The Hall–Kier alpha value is -2.70. The predicted molar refractivity (Wildman–Crippen MR) is 203 cm³/mol. The van der Waals surface area contributed by atoms with Crippen molar-refractivity contribution in [1.29, 1.82) is 0 Å². The van der Waals surface area contributed by atoms with Crippen LogP contribution in [-0.2, 0) is 16.2 Å². The van der Waals surface area contributed by atoms with E-state index in [0.717, 1.165) is 33.3 Å². The third-order valence-corrected chi connectivity index (χ3v) is 11.7. The Kier molecular flexibility index (Phi) is 9.00. The highest BCUT2D eigenvalue weighted by Gasteiger charge is 2.76. The largest absolute Gasteiger partial charge is 0.704 e. The van der Waals surface area contributed by atoms with E-state index in [-0.39, 0.29) is 16.2 Å². The number of nitrogens with zero attached hydrogens (tertiary/aromatic N) is 4. The van der Waals surface area contributed by atoms with Gasteiger partial charge in [0.1, 0.15) is 0 Å². The summed E-state index contributed by atoms with van der Waals surface area (Å²) in [4.78, 5) is 0. The van der Waals surface area contributed by atoms with Crippen LogP contribution in [0.5, 0.6) is 11.5 Å². The Morgan fingerprint density at radius 1 is 0.673 bits per heavy atom. The minimum atomic E-state index is -1.01. The van der Waals surface area contributed by atoms with Gasteiger partial charge in [-0.2, -0.15) is 0 Å². The van der Waals surface area contributed by atoms with Crippen LogP contribution in [0.4, 0.5) is 0 Å². The SMILES string of the molecule is CC(C)(C)c1cc2c(c(C(C)(C)C)c1)OC13Oc4ccc(C(C)(CCC[N+](C)(C)C)CCC[N+](C)(C)C)cc4C=[N+]1C1CCCCC1[N+]3=C2. The lowest BCUT2D eigenvalue weighted by Gasteiger charge is -2.35. The van der Waals surface area contributed by atoms with Crippen molar-refractivity contribution < 1.29 is 27.6 Å². The van der Waals surface area contributed by atoms with Crippen LogP contribution < -0.4 is 9.47 Å². The highest BCUT2D eigenvalue weighted by molar-refractivity contribution is 5.84. The molecule has 3 atom stereocenters. The van der Waals surface area contributed by atoms with Crippen molar-refractivity contribution in [3.05, 3.63) is 58.1 Å². The Bertz CT molecular complexity index is 1620. The summed E-state index contributed by atoms with van der Waals surface area (Å²) in [6, 6.07) is 11.5. The third-order valence-electron chi connectivity index (χ3n) is 11.7. The molecule has 1 saturated carbocycles. The molecule has 6 nitrogen and oxygen atoms in total. The smallest absolute Gasteiger partial charge is 0.341 e. The molecule has 1 aliphatic carbocycles. The van der Waals surface area contributed by atoms with Gasteiger partial charge in [-0.15, -0.1) is 0 Å². The van der Waals surface area contributed by atoms with E-state index in [1.54, 1.807) is 0 Å². The second-order valence-corrected chi connectivity index (χ2v) is 20.2. The van der Waals surface area contributed by atoms with Crippen molar-refractivity contribution in [3.8, 4) is 11.5 Å². The first-order chi connectivity index (χ1) is 22.6. The lowest BCUT2D eigenvalue weighted by atomic mass is 9.74. The summed E-state index contributed by atoms with van der Waals surface area (Å²) in [5, 5.41) is 0. The van der Waals surface area contributed by atoms with Crippen LogP contribution in [0.1, 0.15) is 128 Å². The summed E-state index contributed by atoms with van der Waals surface area (Å²) in [6.45, 7) is 18.7. The fraction of sp³-hybridized carbons (Fsp3) is 0.674. The number of hydrogen-bond acceptors (Lipinski definition) is 2. The van der Waals surface area contributed by atoms with Crippen LogP contribution in [0.2, 0.25) is 0 Å². The molecule has 2 aromatic carbocycles. The molecule has 0 amide bonds. The number of benzene rings is 2. The summed E-state index contributed by atoms with van der Waals surface area (Å²) < 4.78 is 21.5. The molecule has 2 fully saturated rings. The second-order valence-electron chi connectivity index (χ2n) is 20.2. The van der Waals surface area contributed by atoms with E-state index >= 15 is 0 Å². The summed E-state index contributed by atoms with van der Waals surface area (Å²) in [7, 11) is 13.9. The van der Waals surface area contributed by atoms with Crippen LogP contribution in [0.25, 0.3) is 0 Å². The third kappa shape index (κ3) is 7.11. The first kappa shape index (κ1) is 36.1. The van der Waals surface area contributed by atoms with Crippen molar-refractivity contribution in [3.63, 3.8) is 0 Å². The minimum absolute atomic E-state index is 0.0421. The van der Waals surface area contributed by atoms with E-state index in [1.807, 2.05) is 0 Å². The van der Waals surface area contributed by atoms with E-state index in [9.17, 15) is 0 Å². The normalized spacial score (nSPS) is 23.6. The second kappa shape index (κ2) is 12.2. The Morgan fingerprint density at radius 3 is 1.71 bits per heavy atom. The molecule has 0 bridgehead atoms. The molecule has 0 aromatic heterocycles. The van der Waals surface area contributed by atoms with E-state index in [1.165, 1.54) is 79.4 Å². The number of fused-ring (bicyclic) bond motifs is 5. The first-order valence-corrected chi connectivity index (χ1v) is 19.2. The summed E-state index contributed by atoms with van der Waals surface area (Å²) in [5.41, 5.74) is 6.47. The highest BCUT2D eigenvalue weighted by Crippen LogP contribution is 2.48. The topological polar surface area (TPSA) is 24.5 Å². The van der Waals surface area contributed by atoms with Crippen molar-refractivity contribution in [2.45, 2.75) is 134 Å². The van der Waals surface area contributed by atoms with Gasteiger partial charge in [-0.25, -0.2) is 0 Å². The fourth-order valence-electron chi connectivity index (χ4n) is 8.72. The number of ether oxygens (including phenoxy) is 2. The van der Waals surface area contributed by atoms with Crippen LogP contribution in [0, 0.1) is 0 Å². The molecule has 6 rings (SSSR count). The fourth-order valence-corrected chi connectivity index (χ4v) is 8.72. The number of rotatable bonds is 9. The molecule has 1 saturated heterocycles. The Balaban J connectivity index is 1.43.